The van der Waals surface area contributed by atoms with Gasteiger partial charge < -0.3 is 0 Å². The molecule has 1 amide bonds. The van der Waals surface area contributed by atoms with Crippen LogP contribution in [0.25, 0.3) is 6.08 Å². The van der Waals surface area contributed by atoms with Crippen molar-refractivity contribution in [3.05, 3.63) is 52.0 Å². The summed E-state index contributed by atoms with van der Waals surface area (Å²) in [6.45, 7) is 1.88. The molecule has 5 heteroatoms. The number of aryl methyl sites for hydroxylation is 1. The second-order valence-electron chi connectivity index (χ2n) is 3.64. The van der Waals surface area contributed by atoms with Crippen molar-refractivity contribution in [1.82, 2.24) is 4.98 Å². The lowest BCUT2D eigenvalue weighted by Crippen LogP contribution is -2.07. The molecule has 2 aromatic rings. The second kappa shape index (κ2) is 5.80. The van der Waals surface area contributed by atoms with E-state index in [1.807, 2.05) is 30.5 Å². The Labute approximate surface area is 114 Å². The smallest absolute Gasteiger partial charge is 0.250 e. The van der Waals surface area contributed by atoms with E-state index in [4.69, 9.17) is 11.6 Å². The summed E-state index contributed by atoms with van der Waals surface area (Å²) in [5.41, 5.74) is 1.70. The summed E-state index contributed by atoms with van der Waals surface area (Å²) in [6.07, 6.45) is 3.12. The van der Waals surface area contributed by atoms with Crippen molar-refractivity contribution >= 4 is 40.1 Å². The Hall–Kier alpha value is -1.65. The number of aromatic nitrogens is 1. The van der Waals surface area contributed by atoms with E-state index in [9.17, 15) is 4.79 Å². The minimum atomic E-state index is -0.218. The highest BCUT2D eigenvalue weighted by atomic mass is 35.5. The average Bonchev–Trinajstić information content (AvgIpc) is 2.74. The Morgan fingerprint density at radius 1 is 1.44 bits per heavy atom. The van der Waals surface area contributed by atoms with E-state index in [0.717, 1.165) is 11.3 Å². The quantitative estimate of drug-likeness (QED) is 0.869. The molecule has 0 saturated carbocycles. The van der Waals surface area contributed by atoms with Crippen molar-refractivity contribution in [3.63, 3.8) is 0 Å². The van der Waals surface area contributed by atoms with Crippen molar-refractivity contribution in [3.8, 4) is 0 Å². The summed E-state index contributed by atoms with van der Waals surface area (Å²) in [7, 11) is 0. The zero-order valence-electron chi connectivity index (χ0n) is 9.68. The maximum atomic E-state index is 11.6. The van der Waals surface area contributed by atoms with Crippen molar-refractivity contribution in [1.29, 1.82) is 0 Å². The van der Waals surface area contributed by atoms with Crippen LogP contribution in [0.5, 0.6) is 0 Å². The number of benzene rings is 1. The van der Waals surface area contributed by atoms with E-state index < -0.39 is 0 Å². The molecule has 0 radical (unpaired) electrons. The number of hydrogen-bond donors (Lipinski definition) is 1. The molecule has 92 valence electrons. The molecule has 1 aromatic heterocycles. The first-order valence-electron chi connectivity index (χ1n) is 5.31. The molecule has 3 nitrogen and oxygen atoms in total. The van der Waals surface area contributed by atoms with Gasteiger partial charge in [-0.05, 0) is 24.6 Å². The molecule has 0 aliphatic heterocycles. The number of anilines is 1. The molecule has 0 spiro atoms. The first kappa shape index (κ1) is 12.8. The summed E-state index contributed by atoms with van der Waals surface area (Å²) in [5, 5.41) is 5.79. The van der Waals surface area contributed by atoms with Crippen LogP contribution in [-0.2, 0) is 4.79 Å². The van der Waals surface area contributed by atoms with Crippen molar-refractivity contribution in [2.24, 2.45) is 0 Å². The van der Waals surface area contributed by atoms with Crippen molar-refractivity contribution in [2.45, 2.75) is 6.92 Å². The fraction of sp³-hybridized carbons (Fsp3) is 0.0769. The number of amides is 1. The minimum absolute atomic E-state index is 0.218. The molecule has 1 heterocycles. The summed E-state index contributed by atoms with van der Waals surface area (Å²) >= 11 is 7.38. The van der Waals surface area contributed by atoms with Crippen molar-refractivity contribution in [2.75, 3.05) is 5.32 Å². The Kier molecular flexibility index (Phi) is 4.12. The van der Waals surface area contributed by atoms with Gasteiger partial charge in [0.1, 0.15) is 0 Å². The van der Waals surface area contributed by atoms with Crippen LogP contribution in [0.1, 0.15) is 11.3 Å². The van der Waals surface area contributed by atoms with Gasteiger partial charge in [0.15, 0.2) is 5.13 Å². The van der Waals surface area contributed by atoms with Crippen LogP contribution < -0.4 is 5.32 Å². The summed E-state index contributed by atoms with van der Waals surface area (Å²) in [5.74, 6) is -0.218. The predicted octanol–water partition coefficient (Wildman–Crippen LogP) is 3.76. The van der Waals surface area contributed by atoms with Gasteiger partial charge in [-0.25, -0.2) is 4.98 Å². The fourth-order valence-electron chi connectivity index (χ4n) is 1.33. The molecular formula is C13H11ClN2OS. The molecular weight excluding hydrogens is 268 g/mol. The first-order chi connectivity index (χ1) is 8.65. The number of thiazole rings is 1. The SMILES string of the molecule is Cc1csc(NC(=O)/C=C/c2ccccc2Cl)n1. The van der Waals surface area contributed by atoms with Gasteiger partial charge in [-0.3, -0.25) is 10.1 Å². The minimum Gasteiger partial charge on any atom is -0.298 e. The van der Waals surface area contributed by atoms with Crippen LogP contribution in [0.15, 0.2) is 35.7 Å². The van der Waals surface area contributed by atoms with Crippen LogP contribution in [0, 0.1) is 6.92 Å². The standard InChI is InChI=1S/C13H11ClN2OS/c1-9-8-18-13(15-9)16-12(17)7-6-10-4-2-3-5-11(10)14/h2-8H,1H3,(H,15,16,17)/b7-6+. The molecule has 0 saturated heterocycles. The lowest BCUT2D eigenvalue weighted by Gasteiger charge is -1.97. The van der Waals surface area contributed by atoms with E-state index in [2.05, 4.69) is 10.3 Å². The Morgan fingerprint density at radius 2 is 2.22 bits per heavy atom. The normalized spacial score (nSPS) is 10.8. The predicted molar refractivity (Wildman–Crippen MR) is 76.0 cm³/mol. The summed E-state index contributed by atoms with van der Waals surface area (Å²) < 4.78 is 0. The number of rotatable bonds is 3. The molecule has 0 fully saturated rings. The van der Waals surface area contributed by atoms with Gasteiger partial charge in [-0.15, -0.1) is 11.3 Å². The summed E-state index contributed by atoms with van der Waals surface area (Å²) in [6, 6.07) is 7.34. The molecule has 1 N–H and O–H groups in total. The fourth-order valence-corrected chi connectivity index (χ4v) is 2.22. The zero-order valence-corrected chi connectivity index (χ0v) is 11.3. The third-order valence-electron chi connectivity index (χ3n) is 2.17. The lowest BCUT2D eigenvalue weighted by atomic mass is 10.2. The molecule has 0 aliphatic rings. The topological polar surface area (TPSA) is 42.0 Å². The number of carbonyl (C=O) groups excluding carboxylic acids is 1. The highest BCUT2D eigenvalue weighted by molar-refractivity contribution is 7.13. The van der Waals surface area contributed by atoms with E-state index in [1.54, 1.807) is 12.1 Å². The zero-order chi connectivity index (χ0) is 13.0. The van der Waals surface area contributed by atoms with Crippen LogP contribution >= 0.6 is 22.9 Å². The maximum absolute atomic E-state index is 11.6. The lowest BCUT2D eigenvalue weighted by molar-refractivity contribution is -0.111. The molecule has 18 heavy (non-hydrogen) atoms. The van der Waals surface area contributed by atoms with Gasteiger partial charge >= 0.3 is 0 Å². The highest BCUT2D eigenvalue weighted by Gasteiger charge is 2.02. The van der Waals surface area contributed by atoms with Crippen LogP contribution in [0.2, 0.25) is 5.02 Å². The molecule has 0 atom stereocenters. The molecule has 0 bridgehead atoms. The molecule has 0 unspecified atom stereocenters. The van der Waals surface area contributed by atoms with Gasteiger partial charge in [0, 0.05) is 16.5 Å². The van der Waals surface area contributed by atoms with Gasteiger partial charge in [0.05, 0.1) is 5.69 Å². The van der Waals surface area contributed by atoms with Gasteiger partial charge in [-0.2, -0.15) is 0 Å². The Morgan fingerprint density at radius 3 is 2.89 bits per heavy atom. The van der Waals surface area contributed by atoms with Crippen molar-refractivity contribution < 1.29 is 4.79 Å². The van der Waals surface area contributed by atoms with Crippen LogP contribution in [0.3, 0.4) is 0 Å². The third-order valence-corrected chi connectivity index (χ3v) is 3.39. The Balaban J connectivity index is 2.01. The second-order valence-corrected chi connectivity index (χ2v) is 4.90. The maximum Gasteiger partial charge on any atom is 0.250 e. The first-order valence-corrected chi connectivity index (χ1v) is 6.56. The number of nitrogens with zero attached hydrogens (tertiary/aromatic N) is 1. The monoisotopic (exact) mass is 278 g/mol. The van der Waals surface area contributed by atoms with E-state index in [1.165, 1.54) is 17.4 Å². The number of hydrogen-bond acceptors (Lipinski definition) is 3. The van der Waals surface area contributed by atoms with E-state index >= 15 is 0 Å². The van der Waals surface area contributed by atoms with E-state index in [-0.39, 0.29) is 5.91 Å². The van der Waals surface area contributed by atoms with Crippen LogP contribution in [-0.4, -0.2) is 10.9 Å². The largest absolute Gasteiger partial charge is 0.298 e. The number of nitrogens with one attached hydrogen (secondary N) is 1. The van der Waals surface area contributed by atoms with Gasteiger partial charge in [-0.1, -0.05) is 29.8 Å². The Bertz CT molecular complexity index is 592. The average molecular weight is 279 g/mol. The number of carbonyl (C=O) groups is 1. The summed E-state index contributed by atoms with van der Waals surface area (Å²) in [4.78, 5) is 15.8. The van der Waals surface area contributed by atoms with Crippen LogP contribution in [0.4, 0.5) is 5.13 Å². The molecule has 1 aromatic carbocycles. The third kappa shape index (κ3) is 3.42. The van der Waals surface area contributed by atoms with Gasteiger partial charge in [0.25, 0.3) is 0 Å². The molecule has 2 rings (SSSR count). The van der Waals surface area contributed by atoms with E-state index in [0.29, 0.717) is 10.2 Å². The molecule has 0 aliphatic carbocycles. The highest BCUT2D eigenvalue weighted by Crippen LogP contribution is 2.17. The van der Waals surface area contributed by atoms with Gasteiger partial charge in [0.2, 0.25) is 5.91 Å². The number of halogens is 1.